The van der Waals surface area contributed by atoms with E-state index in [-0.39, 0.29) is 4.91 Å². The number of hydrogen-bond donors (Lipinski definition) is 1. The Kier molecular flexibility index (Phi) is 4.50. The Hall–Kier alpha value is -2.80. The molecule has 0 atom stereocenters. The molecule has 0 unspecified atom stereocenters. The lowest BCUT2D eigenvalue weighted by Gasteiger charge is -2.12. The van der Waals surface area contributed by atoms with E-state index < -0.39 is 15.6 Å². The average Bonchev–Trinajstić information content (AvgIpc) is 2.82. The number of nitrogens with one attached hydrogen (secondary N) is 1. The number of anilines is 1. The fourth-order valence-electron chi connectivity index (χ4n) is 2.51. The van der Waals surface area contributed by atoms with Crippen molar-refractivity contribution in [1.82, 2.24) is 0 Å². The largest absolute Gasteiger partial charge is 0.499 e. The van der Waals surface area contributed by atoms with E-state index in [9.17, 15) is 13.2 Å². The van der Waals surface area contributed by atoms with E-state index in [0.717, 1.165) is 0 Å². The van der Waals surface area contributed by atoms with Gasteiger partial charge in [0.2, 0.25) is 0 Å². The third kappa shape index (κ3) is 3.51. The van der Waals surface area contributed by atoms with Gasteiger partial charge in [-0.1, -0.05) is 18.2 Å². The maximum absolute atomic E-state index is 12.7. The van der Waals surface area contributed by atoms with Crippen molar-refractivity contribution >= 4 is 26.7 Å². The van der Waals surface area contributed by atoms with Gasteiger partial charge in [-0.15, -0.1) is 0 Å². The first-order chi connectivity index (χ1) is 11.9. The van der Waals surface area contributed by atoms with Crippen LogP contribution < -0.4 is 10.3 Å². The van der Waals surface area contributed by atoms with Crippen LogP contribution in [-0.4, -0.2) is 15.5 Å². The molecule has 1 aliphatic carbocycles. The fourth-order valence-corrected chi connectivity index (χ4v) is 3.79. The van der Waals surface area contributed by atoms with Crippen molar-refractivity contribution in [3.63, 3.8) is 0 Å². The van der Waals surface area contributed by atoms with Gasteiger partial charge in [-0.05, 0) is 37.3 Å². The molecule has 0 saturated heterocycles. The molecule has 7 heteroatoms. The highest BCUT2D eigenvalue weighted by Crippen LogP contribution is 2.25. The summed E-state index contributed by atoms with van der Waals surface area (Å²) in [6.45, 7) is 1.64. The summed E-state index contributed by atoms with van der Waals surface area (Å²) in [5, 5.41) is 0.635. The third-order valence-corrected chi connectivity index (χ3v) is 5.21. The predicted octanol–water partition coefficient (Wildman–Crippen LogP) is 3.22. The first-order valence-electron chi connectivity index (χ1n) is 7.58. The quantitative estimate of drug-likeness (QED) is 0.847. The molecule has 1 N–H and O–H groups in total. The first-order valence-corrected chi connectivity index (χ1v) is 9.07. The summed E-state index contributed by atoms with van der Waals surface area (Å²) in [5.74, 6) is 0.361. The van der Waals surface area contributed by atoms with Crippen molar-refractivity contribution in [3.05, 3.63) is 75.2 Å². The van der Waals surface area contributed by atoms with Crippen molar-refractivity contribution in [3.8, 4) is 0 Å². The lowest BCUT2D eigenvalue weighted by molar-refractivity contribution is 0.283. The number of allylic oxidation sites excluding steroid dienone is 4. The van der Waals surface area contributed by atoms with Gasteiger partial charge >= 0.3 is 5.63 Å². The molecule has 3 rings (SSSR count). The molecule has 1 aromatic carbocycles. The molecular formula is C18H17NO5S. The predicted molar refractivity (Wildman–Crippen MR) is 96.7 cm³/mol. The Bertz CT molecular complexity index is 1070. The second-order valence-electron chi connectivity index (χ2n) is 5.56. The van der Waals surface area contributed by atoms with E-state index in [1.807, 2.05) is 6.08 Å². The summed E-state index contributed by atoms with van der Waals surface area (Å²) < 4.78 is 38.4. The Morgan fingerprint density at radius 3 is 2.76 bits per heavy atom. The molecule has 1 heterocycles. The molecule has 0 aliphatic heterocycles. The van der Waals surface area contributed by atoms with Gasteiger partial charge < -0.3 is 9.15 Å². The molecule has 2 aromatic rings. The highest BCUT2D eigenvalue weighted by molar-refractivity contribution is 7.96. The molecule has 0 radical (unpaired) electrons. The van der Waals surface area contributed by atoms with E-state index in [1.54, 1.807) is 43.3 Å². The monoisotopic (exact) mass is 359 g/mol. The molecule has 0 saturated carbocycles. The Morgan fingerprint density at radius 2 is 2.00 bits per heavy atom. The van der Waals surface area contributed by atoms with E-state index in [4.69, 9.17) is 9.15 Å². The molecule has 1 aliphatic rings. The molecule has 0 spiro atoms. The number of benzene rings is 1. The van der Waals surface area contributed by atoms with Gasteiger partial charge in [0, 0.05) is 23.1 Å². The molecule has 0 fully saturated rings. The molecule has 130 valence electrons. The Morgan fingerprint density at radius 1 is 1.20 bits per heavy atom. The lowest BCUT2D eigenvalue weighted by Crippen LogP contribution is -2.16. The van der Waals surface area contributed by atoms with Gasteiger partial charge in [0.1, 0.15) is 16.2 Å². The van der Waals surface area contributed by atoms with Crippen LogP contribution >= 0.6 is 0 Å². The van der Waals surface area contributed by atoms with Gasteiger partial charge in [-0.25, -0.2) is 13.2 Å². The second kappa shape index (κ2) is 6.60. The van der Waals surface area contributed by atoms with E-state index >= 15 is 0 Å². The molecule has 1 aromatic heterocycles. The molecule has 0 amide bonds. The van der Waals surface area contributed by atoms with Gasteiger partial charge in [0.25, 0.3) is 10.0 Å². The normalized spacial score (nSPS) is 14.6. The van der Waals surface area contributed by atoms with Crippen LogP contribution in [0.25, 0.3) is 11.0 Å². The number of aryl methyl sites for hydroxylation is 1. The van der Waals surface area contributed by atoms with Crippen LogP contribution in [0.4, 0.5) is 5.69 Å². The summed E-state index contributed by atoms with van der Waals surface area (Å²) >= 11 is 0. The minimum Gasteiger partial charge on any atom is -0.499 e. The van der Waals surface area contributed by atoms with Gasteiger partial charge in [-0.2, -0.15) is 0 Å². The van der Waals surface area contributed by atoms with Crippen LogP contribution in [0.1, 0.15) is 12.0 Å². The average molecular weight is 359 g/mol. The van der Waals surface area contributed by atoms with Crippen molar-refractivity contribution < 1.29 is 17.6 Å². The summed E-state index contributed by atoms with van der Waals surface area (Å²) in [6.07, 6.45) is 7.12. The standard InChI is InChI=1S/C18H17NO5S/c1-12-10-13-11-14(8-9-15(13)24-18(12)20)19-25(21,22)17-7-5-3-4-6-16(17)23-2/h3-5,7-11,19H,6H2,1-2H3. The number of rotatable bonds is 4. The van der Waals surface area contributed by atoms with Crippen LogP contribution in [0.15, 0.2) is 68.4 Å². The molecular weight excluding hydrogens is 342 g/mol. The number of ether oxygens (including phenoxy) is 1. The van der Waals surface area contributed by atoms with E-state index in [0.29, 0.717) is 34.4 Å². The smallest absolute Gasteiger partial charge is 0.339 e. The summed E-state index contributed by atoms with van der Waals surface area (Å²) in [5.41, 5.74) is 0.810. The number of fused-ring (bicyclic) bond motifs is 1. The van der Waals surface area contributed by atoms with Gasteiger partial charge in [-0.3, -0.25) is 4.72 Å². The fraction of sp³-hybridized carbons (Fsp3) is 0.167. The highest BCUT2D eigenvalue weighted by atomic mass is 32.2. The first kappa shape index (κ1) is 17.0. The van der Waals surface area contributed by atoms with Crippen molar-refractivity contribution in [2.24, 2.45) is 0 Å². The van der Waals surface area contributed by atoms with Crippen LogP contribution in [-0.2, 0) is 14.8 Å². The minimum atomic E-state index is -3.82. The summed E-state index contributed by atoms with van der Waals surface area (Å²) in [4.78, 5) is 11.6. The van der Waals surface area contributed by atoms with Crippen LogP contribution in [0, 0.1) is 6.92 Å². The van der Waals surface area contributed by atoms with E-state index in [2.05, 4.69) is 4.72 Å². The molecule has 0 bridgehead atoms. The zero-order valence-electron chi connectivity index (χ0n) is 13.8. The Balaban J connectivity index is 2.00. The summed E-state index contributed by atoms with van der Waals surface area (Å²) in [6, 6.07) is 6.39. The summed E-state index contributed by atoms with van der Waals surface area (Å²) in [7, 11) is -2.38. The maximum atomic E-state index is 12.7. The molecule has 6 nitrogen and oxygen atoms in total. The van der Waals surface area contributed by atoms with Crippen LogP contribution in [0.3, 0.4) is 0 Å². The maximum Gasteiger partial charge on any atom is 0.339 e. The van der Waals surface area contributed by atoms with Crippen LogP contribution in [0.5, 0.6) is 0 Å². The van der Waals surface area contributed by atoms with Crippen molar-refractivity contribution in [2.45, 2.75) is 13.3 Å². The van der Waals surface area contributed by atoms with Crippen LogP contribution in [0.2, 0.25) is 0 Å². The van der Waals surface area contributed by atoms with Crippen molar-refractivity contribution in [1.29, 1.82) is 0 Å². The van der Waals surface area contributed by atoms with E-state index in [1.165, 1.54) is 13.2 Å². The highest BCUT2D eigenvalue weighted by Gasteiger charge is 2.21. The number of methoxy groups -OCH3 is 1. The SMILES string of the molecule is COC1=C(S(=O)(=O)Nc2ccc3oc(=O)c(C)cc3c2)C=CC=CC1. The second-order valence-corrected chi connectivity index (χ2v) is 7.21. The Labute approximate surface area is 145 Å². The van der Waals surface area contributed by atoms with Crippen molar-refractivity contribution in [2.75, 3.05) is 11.8 Å². The van der Waals surface area contributed by atoms with Gasteiger partial charge in [0.05, 0.1) is 7.11 Å². The number of hydrogen-bond acceptors (Lipinski definition) is 5. The molecule has 25 heavy (non-hydrogen) atoms. The lowest BCUT2D eigenvalue weighted by atomic mass is 10.2. The third-order valence-electron chi connectivity index (χ3n) is 3.77. The minimum absolute atomic E-state index is 0.0795. The zero-order valence-corrected chi connectivity index (χ0v) is 14.6. The number of sulfonamides is 1. The zero-order chi connectivity index (χ0) is 18.0. The topological polar surface area (TPSA) is 85.6 Å². The van der Waals surface area contributed by atoms with Gasteiger partial charge in [0.15, 0.2) is 0 Å².